The van der Waals surface area contributed by atoms with Crippen LogP contribution in [0.25, 0.3) is 0 Å². The standard InChI is InChI=1S/C32H31NO3S/c1-35-30-21-19-26(20-22-30)25-36-31(34)33-23-11-12-24-37-32(27-13-5-2-6-14-27,28-15-7-3-8-16-28)29-17-9-4-10-18-29/h2-10,12-22,24H,11,23,25H2,1H3,(H,33,34)/b24-12-. The molecular weight excluding hydrogens is 478 g/mol. The number of alkyl carbamates (subject to hydrolysis) is 1. The minimum Gasteiger partial charge on any atom is -0.497 e. The first-order chi connectivity index (χ1) is 18.2. The maximum Gasteiger partial charge on any atom is 0.407 e. The summed E-state index contributed by atoms with van der Waals surface area (Å²) in [6, 6.07) is 39.2. The molecule has 0 atom stereocenters. The second-order valence-electron chi connectivity index (χ2n) is 8.41. The lowest BCUT2D eigenvalue weighted by atomic mass is 9.84. The van der Waals surface area contributed by atoms with Crippen molar-refractivity contribution < 1.29 is 14.3 Å². The van der Waals surface area contributed by atoms with Gasteiger partial charge >= 0.3 is 6.09 Å². The first-order valence-corrected chi connectivity index (χ1v) is 13.1. The zero-order chi connectivity index (χ0) is 25.8. The Hall–Kier alpha value is -3.96. The summed E-state index contributed by atoms with van der Waals surface area (Å²) in [6.07, 6.45) is 2.36. The highest BCUT2D eigenvalue weighted by molar-refractivity contribution is 8.03. The molecule has 0 saturated carbocycles. The van der Waals surface area contributed by atoms with Crippen LogP contribution in [0.4, 0.5) is 4.79 Å². The summed E-state index contributed by atoms with van der Waals surface area (Å²) in [5, 5.41) is 4.96. The molecule has 4 aromatic rings. The second-order valence-corrected chi connectivity index (χ2v) is 9.53. The second kappa shape index (κ2) is 13.4. The number of thioether (sulfide) groups is 1. The molecule has 0 saturated heterocycles. The maximum atomic E-state index is 12.1. The number of benzene rings is 4. The van der Waals surface area contributed by atoms with Crippen molar-refractivity contribution in [3.05, 3.63) is 149 Å². The molecule has 4 rings (SSSR count). The minimum absolute atomic E-state index is 0.218. The number of amides is 1. The van der Waals surface area contributed by atoms with Crippen LogP contribution in [0.5, 0.6) is 5.75 Å². The molecule has 0 radical (unpaired) electrons. The van der Waals surface area contributed by atoms with Gasteiger partial charge in [0, 0.05) is 6.54 Å². The van der Waals surface area contributed by atoms with Crippen LogP contribution in [0.2, 0.25) is 0 Å². The van der Waals surface area contributed by atoms with E-state index in [0.29, 0.717) is 13.0 Å². The summed E-state index contributed by atoms with van der Waals surface area (Å²) in [6.45, 7) is 0.711. The highest BCUT2D eigenvalue weighted by atomic mass is 32.2. The molecule has 4 nitrogen and oxygen atoms in total. The van der Waals surface area contributed by atoms with Gasteiger partial charge in [-0.1, -0.05) is 109 Å². The van der Waals surface area contributed by atoms with Crippen molar-refractivity contribution in [2.45, 2.75) is 17.8 Å². The summed E-state index contributed by atoms with van der Waals surface area (Å²) < 4.78 is 10.1. The highest BCUT2D eigenvalue weighted by Gasteiger charge is 2.36. The fraction of sp³-hybridized carbons (Fsp3) is 0.156. The number of carbonyl (C=O) groups excluding carboxylic acids is 1. The van der Waals surface area contributed by atoms with Crippen molar-refractivity contribution in [2.75, 3.05) is 13.7 Å². The topological polar surface area (TPSA) is 47.6 Å². The molecule has 0 aliphatic heterocycles. The first-order valence-electron chi connectivity index (χ1n) is 12.3. The van der Waals surface area contributed by atoms with Crippen molar-refractivity contribution in [3.63, 3.8) is 0 Å². The van der Waals surface area contributed by atoms with Gasteiger partial charge in [-0.15, -0.1) is 11.8 Å². The third-order valence-electron chi connectivity index (χ3n) is 5.99. The summed E-state index contributed by atoms with van der Waals surface area (Å²) >= 11 is 1.76. The third-order valence-corrected chi connectivity index (χ3v) is 7.38. The minimum atomic E-state index is -0.427. The van der Waals surface area contributed by atoms with Crippen LogP contribution in [0.3, 0.4) is 0 Å². The van der Waals surface area contributed by atoms with E-state index in [-0.39, 0.29) is 6.61 Å². The SMILES string of the molecule is COc1ccc(COC(=O)NCC/C=C\SC(c2ccccc2)(c2ccccc2)c2ccccc2)cc1. The smallest absolute Gasteiger partial charge is 0.407 e. The van der Waals surface area contributed by atoms with Gasteiger partial charge in [0.1, 0.15) is 12.4 Å². The zero-order valence-electron chi connectivity index (χ0n) is 20.9. The number of carbonyl (C=O) groups is 1. The normalized spacial score (nSPS) is 11.3. The summed E-state index contributed by atoms with van der Waals surface area (Å²) in [5.74, 6) is 0.772. The van der Waals surface area contributed by atoms with E-state index in [1.54, 1.807) is 18.9 Å². The summed E-state index contributed by atoms with van der Waals surface area (Å²) in [5.41, 5.74) is 4.54. The molecule has 1 N–H and O–H groups in total. The van der Waals surface area contributed by atoms with Crippen LogP contribution in [0.1, 0.15) is 28.7 Å². The predicted molar refractivity (Wildman–Crippen MR) is 152 cm³/mol. The Morgan fingerprint density at radius 1 is 0.784 bits per heavy atom. The van der Waals surface area contributed by atoms with Crippen LogP contribution in [0.15, 0.2) is 127 Å². The Bertz CT molecular complexity index is 1160. The monoisotopic (exact) mass is 509 g/mol. The van der Waals surface area contributed by atoms with Gasteiger partial charge in [0.25, 0.3) is 0 Å². The fourth-order valence-corrected chi connectivity index (χ4v) is 5.37. The van der Waals surface area contributed by atoms with Gasteiger partial charge < -0.3 is 14.8 Å². The highest BCUT2D eigenvalue weighted by Crippen LogP contribution is 2.48. The van der Waals surface area contributed by atoms with Crippen molar-refractivity contribution in [3.8, 4) is 5.75 Å². The van der Waals surface area contributed by atoms with Crippen LogP contribution in [0, 0.1) is 0 Å². The van der Waals surface area contributed by atoms with Crippen molar-refractivity contribution in [2.24, 2.45) is 0 Å². The Morgan fingerprint density at radius 2 is 1.30 bits per heavy atom. The van der Waals surface area contributed by atoms with E-state index >= 15 is 0 Å². The van der Waals surface area contributed by atoms with Gasteiger partial charge in [-0.3, -0.25) is 0 Å². The fourth-order valence-electron chi connectivity index (χ4n) is 4.12. The zero-order valence-corrected chi connectivity index (χ0v) is 21.7. The van der Waals surface area contributed by atoms with Gasteiger partial charge in [0.2, 0.25) is 0 Å². The van der Waals surface area contributed by atoms with Gasteiger partial charge in [-0.2, -0.15) is 0 Å². The van der Waals surface area contributed by atoms with Crippen molar-refractivity contribution in [1.82, 2.24) is 5.32 Å². The van der Waals surface area contributed by atoms with Gasteiger partial charge in [-0.25, -0.2) is 4.79 Å². The third kappa shape index (κ3) is 6.83. The van der Waals surface area contributed by atoms with E-state index in [4.69, 9.17) is 9.47 Å². The predicted octanol–water partition coefficient (Wildman–Crippen LogP) is 7.55. The number of hydrogen-bond acceptors (Lipinski definition) is 4. The van der Waals surface area contributed by atoms with Gasteiger partial charge in [-0.05, 0) is 46.2 Å². The Balaban J connectivity index is 1.39. The summed E-state index contributed by atoms with van der Waals surface area (Å²) in [7, 11) is 1.62. The molecule has 0 bridgehead atoms. The molecule has 0 aliphatic carbocycles. The summed E-state index contributed by atoms with van der Waals surface area (Å²) in [4.78, 5) is 12.1. The Morgan fingerprint density at radius 3 is 1.78 bits per heavy atom. The van der Waals surface area contributed by atoms with E-state index in [1.807, 2.05) is 42.5 Å². The largest absolute Gasteiger partial charge is 0.497 e. The molecule has 0 aromatic heterocycles. The molecule has 0 fully saturated rings. The lowest BCUT2D eigenvalue weighted by molar-refractivity contribution is 0.140. The number of rotatable bonds is 11. The number of nitrogens with one attached hydrogen (secondary N) is 1. The van der Waals surface area contributed by atoms with Crippen LogP contribution in [-0.2, 0) is 16.1 Å². The van der Waals surface area contributed by atoms with E-state index in [0.717, 1.165) is 11.3 Å². The molecule has 188 valence electrons. The quantitative estimate of drug-likeness (QED) is 0.167. The molecule has 0 unspecified atom stereocenters. The first kappa shape index (κ1) is 26.1. The van der Waals surface area contributed by atoms with E-state index in [1.165, 1.54) is 16.7 Å². The van der Waals surface area contributed by atoms with Crippen LogP contribution in [-0.4, -0.2) is 19.7 Å². The Labute approximate surface area is 223 Å². The van der Waals surface area contributed by atoms with Gasteiger partial charge in [0.15, 0.2) is 0 Å². The van der Waals surface area contributed by atoms with E-state index < -0.39 is 10.8 Å². The molecule has 0 aliphatic rings. The molecule has 0 spiro atoms. The molecule has 5 heteroatoms. The molecule has 4 aromatic carbocycles. The average molecular weight is 510 g/mol. The number of hydrogen-bond donors (Lipinski definition) is 1. The number of methoxy groups -OCH3 is 1. The Kier molecular flexibility index (Phi) is 9.44. The van der Waals surface area contributed by atoms with Crippen molar-refractivity contribution in [1.29, 1.82) is 0 Å². The van der Waals surface area contributed by atoms with Gasteiger partial charge in [0.05, 0.1) is 11.9 Å². The average Bonchev–Trinajstić information content (AvgIpc) is 2.97. The van der Waals surface area contributed by atoms with E-state index in [9.17, 15) is 4.79 Å². The van der Waals surface area contributed by atoms with Crippen LogP contribution >= 0.6 is 11.8 Å². The van der Waals surface area contributed by atoms with E-state index in [2.05, 4.69) is 89.6 Å². The lowest BCUT2D eigenvalue weighted by Crippen LogP contribution is -2.25. The lowest BCUT2D eigenvalue weighted by Gasteiger charge is -2.34. The van der Waals surface area contributed by atoms with Crippen LogP contribution < -0.4 is 10.1 Å². The van der Waals surface area contributed by atoms with Crippen molar-refractivity contribution >= 4 is 17.9 Å². The number of ether oxygens (including phenoxy) is 2. The molecule has 0 heterocycles. The molecular formula is C32H31NO3S. The molecule has 1 amide bonds. The molecule has 37 heavy (non-hydrogen) atoms. The maximum absolute atomic E-state index is 12.1.